The molecule has 1 aliphatic rings. The number of carbonyl (C=O) groups is 2. The minimum atomic E-state index is -0.346. The predicted octanol–water partition coefficient (Wildman–Crippen LogP) is 1.99. The molecular formula is C20H20N4O4. The van der Waals surface area contributed by atoms with Gasteiger partial charge in [0.15, 0.2) is 11.5 Å². The summed E-state index contributed by atoms with van der Waals surface area (Å²) in [5.74, 6) is 0.620. The van der Waals surface area contributed by atoms with E-state index in [4.69, 9.17) is 9.47 Å². The van der Waals surface area contributed by atoms with Crippen LogP contribution in [0.4, 0.5) is 0 Å². The number of hydrogen-bond acceptors (Lipinski definition) is 6. The maximum atomic E-state index is 11.8. The molecule has 2 aromatic carbocycles. The fraction of sp³-hybridized carbons (Fsp3) is 0.200. The van der Waals surface area contributed by atoms with Crippen LogP contribution in [0.25, 0.3) is 0 Å². The van der Waals surface area contributed by atoms with Crippen molar-refractivity contribution in [3.63, 3.8) is 0 Å². The molecular weight excluding hydrogens is 360 g/mol. The largest absolute Gasteiger partial charge is 0.493 e. The summed E-state index contributed by atoms with van der Waals surface area (Å²) in [5.41, 5.74) is 6.99. The van der Waals surface area contributed by atoms with Gasteiger partial charge in [0.1, 0.15) is 6.61 Å². The quantitative estimate of drug-likeness (QED) is 0.540. The number of amides is 2. The van der Waals surface area contributed by atoms with E-state index in [0.29, 0.717) is 23.8 Å². The van der Waals surface area contributed by atoms with Gasteiger partial charge in [-0.3, -0.25) is 9.59 Å². The first kappa shape index (κ1) is 19.1. The minimum absolute atomic E-state index is 0.0195. The van der Waals surface area contributed by atoms with Crippen LogP contribution < -0.4 is 20.3 Å². The van der Waals surface area contributed by atoms with E-state index in [1.165, 1.54) is 6.21 Å². The van der Waals surface area contributed by atoms with Crippen LogP contribution in [0.1, 0.15) is 24.0 Å². The van der Waals surface area contributed by atoms with Gasteiger partial charge in [0.2, 0.25) is 11.8 Å². The Bertz CT molecular complexity index is 910. The SMILES string of the molecule is COc1cc(C=NNC(=O)CC2=NNC(=O)C2)ccc1OCc1ccccc1. The van der Waals surface area contributed by atoms with Crippen LogP contribution in [-0.2, 0) is 16.2 Å². The Balaban J connectivity index is 1.54. The van der Waals surface area contributed by atoms with Crippen LogP contribution in [0, 0.1) is 0 Å². The molecule has 2 N–H and O–H groups in total. The molecule has 8 nitrogen and oxygen atoms in total. The number of nitrogens with one attached hydrogen (secondary N) is 2. The Morgan fingerprint density at radius 2 is 2.07 bits per heavy atom. The Labute approximate surface area is 162 Å². The molecule has 144 valence electrons. The van der Waals surface area contributed by atoms with E-state index >= 15 is 0 Å². The van der Waals surface area contributed by atoms with Gasteiger partial charge in [0.25, 0.3) is 0 Å². The second-order valence-electron chi connectivity index (χ2n) is 6.04. The van der Waals surface area contributed by atoms with Crippen LogP contribution >= 0.6 is 0 Å². The molecule has 0 fully saturated rings. The van der Waals surface area contributed by atoms with Gasteiger partial charge in [0.05, 0.1) is 31.9 Å². The maximum absolute atomic E-state index is 11.8. The average molecular weight is 380 g/mol. The zero-order valence-corrected chi connectivity index (χ0v) is 15.3. The maximum Gasteiger partial charge on any atom is 0.245 e. The third-order valence-corrected chi connectivity index (χ3v) is 3.90. The summed E-state index contributed by atoms with van der Waals surface area (Å²) in [6.45, 7) is 0.432. The van der Waals surface area contributed by atoms with Crippen molar-refractivity contribution < 1.29 is 19.1 Å². The van der Waals surface area contributed by atoms with Gasteiger partial charge in [-0.25, -0.2) is 10.9 Å². The number of hydrazone groups is 2. The predicted molar refractivity (Wildman–Crippen MR) is 104 cm³/mol. The lowest BCUT2D eigenvalue weighted by Crippen LogP contribution is -2.20. The molecule has 8 heteroatoms. The lowest BCUT2D eigenvalue weighted by Gasteiger charge is -2.11. The summed E-state index contributed by atoms with van der Waals surface area (Å²) in [5, 5.41) is 7.69. The first-order valence-corrected chi connectivity index (χ1v) is 8.65. The molecule has 0 bridgehead atoms. The van der Waals surface area contributed by atoms with E-state index in [2.05, 4.69) is 21.1 Å². The summed E-state index contributed by atoms with van der Waals surface area (Å²) in [4.78, 5) is 22.8. The highest BCUT2D eigenvalue weighted by atomic mass is 16.5. The first-order valence-electron chi connectivity index (χ1n) is 8.65. The summed E-state index contributed by atoms with van der Waals surface area (Å²) in [6.07, 6.45) is 1.66. The number of rotatable bonds is 8. The number of hydrogen-bond donors (Lipinski definition) is 2. The Hall–Kier alpha value is -3.68. The molecule has 1 heterocycles. The van der Waals surface area contributed by atoms with Gasteiger partial charge < -0.3 is 9.47 Å². The van der Waals surface area contributed by atoms with Gasteiger partial charge in [-0.2, -0.15) is 10.2 Å². The van der Waals surface area contributed by atoms with Gasteiger partial charge in [-0.1, -0.05) is 30.3 Å². The highest BCUT2D eigenvalue weighted by Gasteiger charge is 2.17. The third kappa shape index (κ3) is 5.41. The average Bonchev–Trinajstić information content (AvgIpc) is 3.12. The summed E-state index contributed by atoms with van der Waals surface area (Å²) in [7, 11) is 1.56. The van der Waals surface area contributed by atoms with Gasteiger partial charge >= 0.3 is 0 Å². The molecule has 3 rings (SSSR count). The fourth-order valence-corrected chi connectivity index (χ4v) is 2.53. The van der Waals surface area contributed by atoms with Crippen LogP contribution in [-0.4, -0.2) is 30.9 Å². The summed E-state index contributed by atoms with van der Waals surface area (Å²) < 4.78 is 11.2. The molecule has 2 aromatic rings. The number of nitrogens with zero attached hydrogens (tertiary/aromatic N) is 2. The van der Waals surface area contributed by atoms with E-state index in [1.807, 2.05) is 36.4 Å². The highest BCUT2D eigenvalue weighted by molar-refractivity contribution is 6.11. The molecule has 0 aliphatic carbocycles. The molecule has 0 atom stereocenters. The monoisotopic (exact) mass is 380 g/mol. The summed E-state index contributed by atoms with van der Waals surface area (Å²) in [6, 6.07) is 15.2. The molecule has 0 saturated heterocycles. The molecule has 0 aromatic heterocycles. The summed E-state index contributed by atoms with van der Waals surface area (Å²) >= 11 is 0. The van der Waals surface area contributed by atoms with Crippen molar-refractivity contribution in [3.05, 3.63) is 59.7 Å². The first-order chi connectivity index (χ1) is 13.6. The smallest absolute Gasteiger partial charge is 0.245 e. The van der Waals surface area contributed by atoms with Crippen LogP contribution in [0.15, 0.2) is 58.7 Å². The Morgan fingerprint density at radius 1 is 1.25 bits per heavy atom. The molecule has 2 amide bonds. The molecule has 0 spiro atoms. The number of ether oxygens (including phenoxy) is 2. The number of carbonyl (C=O) groups excluding carboxylic acids is 2. The van der Waals surface area contributed by atoms with Gasteiger partial charge in [-0.05, 0) is 29.3 Å². The zero-order chi connectivity index (χ0) is 19.8. The Kier molecular flexibility index (Phi) is 6.35. The standard InChI is InChI=1S/C20H20N4O4/c1-27-18-9-15(7-8-17(18)28-13-14-5-3-2-4-6-14)12-21-23-19(25)10-16-11-20(26)24-22-16/h2-9,12H,10-11,13H2,1H3,(H,23,25)(H,24,26). The molecule has 0 radical (unpaired) electrons. The minimum Gasteiger partial charge on any atom is -0.493 e. The topological polar surface area (TPSA) is 101 Å². The van der Waals surface area contributed by atoms with Crippen molar-refractivity contribution in [2.75, 3.05) is 7.11 Å². The van der Waals surface area contributed by atoms with E-state index in [9.17, 15) is 9.59 Å². The van der Waals surface area contributed by atoms with Crippen LogP contribution in [0.3, 0.4) is 0 Å². The molecule has 0 saturated carbocycles. The van der Waals surface area contributed by atoms with Crippen molar-refractivity contribution in [3.8, 4) is 11.5 Å². The number of benzene rings is 2. The van der Waals surface area contributed by atoms with E-state index in [0.717, 1.165) is 11.1 Å². The van der Waals surface area contributed by atoms with Gasteiger partial charge in [-0.15, -0.1) is 0 Å². The molecule has 1 aliphatic heterocycles. The third-order valence-electron chi connectivity index (χ3n) is 3.90. The Morgan fingerprint density at radius 3 is 2.79 bits per heavy atom. The van der Waals surface area contributed by atoms with Crippen LogP contribution in [0.2, 0.25) is 0 Å². The van der Waals surface area contributed by atoms with Crippen molar-refractivity contribution >= 4 is 23.7 Å². The van der Waals surface area contributed by atoms with Crippen molar-refractivity contribution in [1.29, 1.82) is 0 Å². The fourth-order valence-electron chi connectivity index (χ4n) is 2.53. The number of methoxy groups -OCH3 is 1. The lowest BCUT2D eigenvalue weighted by molar-refractivity contribution is -0.119. The normalized spacial score (nSPS) is 13.2. The van der Waals surface area contributed by atoms with E-state index in [1.54, 1.807) is 19.2 Å². The van der Waals surface area contributed by atoms with E-state index in [-0.39, 0.29) is 24.7 Å². The second kappa shape index (κ2) is 9.31. The van der Waals surface area contributed by atoms with Crippen molar-refractivity contribution in [2.45, 2.75) is 19.4 Å². The lowest BCUT2D eigenvalue weighted by atomic mass is 10.2. The van der Waals surface area contributed by atoms with Crippen LogP contribution in [0.5, 0.6) is 11.5 Å². The van der Waals surface area contributed by atoms with Crippen molar-refractivity contribution in [2.24, 2.45) is 10.2 Å². The molecule has 28 heavy (non-hydrogen) atoms. The second-order valence-corrected chi connectivity index (χ2v) is 6.04. The van der Waals surface area contributed by atoms with E-state index < -0.39 is 0 Å². The zero-order valence-electron chi connectivity index (χ0n) is 15.3. The highest BCUT2D eigenvalue weighted by Crippen LogP contribution is 2.28. The van der Waals surface area contributed by atoms with Gasteiger partial charge in [0, 0.05) is 0 Å². The molecule has 0 unspecified atom stereocenters. The van der Waals surface area contributed by atoms with Crippen molar-refractivity contribution in [1.82, 2.24) is 10.9 Å².